The Hall–Kier alpha value is -1.70. The Morgan fingerprint density at radius 1 is 1.27 bits per heavy atom. The summed E-state index contributed by atoms with van der Waals surface area (Å²) in [5.41, 5.74) is 2.45. The second kappa shape index (κ2) is 7.50. The molecule has 1 aliphatic rings. The molecule has 7 heteroatoms. The molecule has 0 spiro atoms. The highest BCUT2D eigenvalue weighted by atomic mass is 32.2. The van der Waals surface area contributed by atoms with Crippen molar-refractivity contribution < 1.29 is 17.9 Å². The lowest BCUT2D eigenvalue weighted by molar-refractivity contribution is 0.0872. The van der Waals surface area contributed by atoms with Gasteiger partial charge in [0.15, 0.2) is 5.78 Å². The molecule has 2 aromatic rings. The largest absolute Gasteiger partial charge is 0.496 e. The molecule has 1 aromatic carbocycles. The maximum absolute atomic E-state index is 13.0. The Morgan fingerprint density at radius 3 is 2.54 bits per heavy atom. The van der Waals surface area contributed by atoms with Gasteiger partial charge in [-0.3, -0.25) is 4.79 Å². The van der Waals surface area contributed by atoms with Crippen molar-refractivity contribution in [3.05, 3.63) is 46.3 Å². The molecular formula is C19H23NO4S2. The van der Waals surface area contributed by atoms with Gasteiger partial charge in [-0.1, -0.05) is 6.07 Å². The summed E-state index contributed by atoms with van der Waals surface area (Å²) in [7, 11) is -1.90. The third-order valence-electron chi connectivity index (χ3n) is 4.79. The Morgan fingerprint density at radius 2 is 1.96 bits per heavy atom. The summed E-state index contributed by atoms with van der Waals surface area (Å²) in [6.07, 6.45) is 1.40. The molecule has 0 saturated carbocycles. The minimum Gasteiger partial charge on any atom is -0.496 e. The number of benzene rings is 1. The molecule has 3 rings (SSSR count). The molecule has 5 nitrogen and oxygen atoms in total. The number of hydrogen-bond acceptors (Lipinski definition) is 5. The summed E-state index contributed by atoms with van der Waals surface area (Å²) in [5, 5.41) is 1.75. The van der Waals surface area contributed by atoms with Gasteiger partial charge in [-0.25, -0.2) is 8.42 Å². The Labute approximate surface area is 158 Å². The van der Waals surface area contributed by atoms with Gasteiger partial charge < -0.3 is 4.74 Å². The second-order valence-corrected chi connectivity index (χ2v) is 9.75. The van der Waals surface area contributed by atoms with Crippen LogP contribution in [0.15, 0.2) is 33.9 Å². The molecular weight excluding hydrogens is 370 g/mol. The van der Waals surface area contributed by atoms with Gasteiger partial charge in [0, 0.05) is 24.6 Å². The van der Waals surface area contributed by atoms with Gasteiger partial charge >= 0.3 is 0 Å². The zero-order valence-electron chi connectivity index (χ0n) is 15.2. The van der Waals surface area contributed by atoms with Crippen molar-refractivity contribution >= 4 is 27.1 Å². The number of piperidine rings is 1. The van der Waals surface area contributed by atoms with E-state index >= 15 is 0 Å². The fraction of sp³-hybridized carbons (Fsp3) is 0.421. The van der Waals surface area contributed by atoms with Crippen LogP contribution in [0.25, 0.3) is 0 Å². The average molecular weight is 394 g/mol. The third-order valence-corrected chi connectivity index (χ3v) is 8.03. The first-order valence-electron chi connectivity index (χ1n) is 8.57. The average Bonchev–Trinajstić information content (AvgIpc) is 3.16. The molecule has 1 unspecified atom stereocenters. The Balaban J connectivity index is 1.83. The Bertz CT molecular complexity index is 881. The molecule has 0 N–H and O–H groups in total. The van der Waals surface area contributed by atoms with Gasteiger partial charge in [-0.05, 0) is 61.4 Å². The van der Waals surface area contributed by atoms with Crippen molar-refractivity contribution in [2.24, 2.45) is 5.92 Å². The number of Topliss-reactive ketones (excluding diaryl/α,β-unsaturated/α-hetero) is 1. The van der Waals surface area contributed by atoms with Crippen LogP contribution in [-0.2, 0) is 10.0 Å². The van der Waals surface area contributed by atoms with Crippen molar-refractivity contribution in [2.45, 2.75) is 30.9 Å². The van der Waals surface area contributed by atoms with E-state index in [9.17, 15) is 13.2 Å². The smallest absolute Gasteiger partial charge is 0.252 e. The van der Waals surface area contributed by atoms with Crippen molar-refractivity contribution in [1.82, 2.24) is 4.31 Å². The predicted octanol–water partition coefficient (Wildman–Crippen LogP) is 3.66. The quantitative estimate of drug-likeness (QED) is 0.727. The number of thiophene rings is 1. The SMILES string of the molecule is COc1c(C)cc(C(=O)C2CCCN(S(=O)(=O)c3cccs3)C2)cc1C. The standard InChI is InChI=1S/C19H23NO4S2/c1-13-10-16(11-14(2)19(13)24-3)18(21)15-6-4-8-20(12-15)26(22,23)17-7-5-9-25-17/h5,7,9-11,15H,4,6,8,12H2,1-3H3. The lowest BCUT2D eigenvalue weighted by Gasteiger charge is -2.31. The summed E-state index contributed by atoms with van der Waals surface area (Å²) < 4.78 is 32.7. The lowest BCUT2D eigenvalue weighted by Crippen LogP contribution is -2.42. The highest BCUT2D eigenvalue weighted by Gasteiger charge is 2.34. The zero-order chi connectivity index (χ0) is 18.9. The predicted molar refractivity (Wildman–Crippen MR) is 103 cm³/mol. The van der Waals surface area contributed by atoms with Gasteiger partial charge in [-0.2, -0.15) is 4.31 Å². The molecule has 1 aliphatic heterocycles. The number of hydrogen-bond donors (Lipinski definition) is 0. The van der Waals surface area contributed by atoms with Crippen molar-refractivity contribution in [2.75, 3.05) is 20.2 Å². The molecule has 0 radical (unpaired) electrons. The van der Waals surface area contributed by atoms with E-state index in [1.54, 1.807) is 24.6 Å². The maximum Gasteiger partial charge on any atom is 0.252 e. The topological polar surface area (TPSA) is 63.7 Å². The first-order chi connectivity index (χ1) is 12.3. The normalized spacial score (nSPS) is 18.7. The van der Waals surface area contributed by atoms with E-state index in [1.165, 1.54) is 15.6 Å². The molecule has 1 aromatic heterocycles. The van der Waals surface area contributed by atoms with Gasteiger partial charge in [-0.15, -0.1) is 11.3 Å². The van der Waals surface area contributed by atoms with Crippen LogP contribution in [0.3, 0.4) is 0 Å². The van der Waals surface area contributed by atoms with Gasteiger partial charge in [0.25, 0.3) is 10.0 Å². The summed E-state index contributed by atoms with van der Waals surface area (Å²) in [4.78, 5) is 13.0. The fourth-order valence-electron chi connectivity index (χ4n) is 3.56. The summed E-state index contributed by atoms with van der Waals surface area (Å²) in [6, 6.07) is 7.01. The highest BCUT2D eigenvalue weighted by molar-refractivity contribution is 7.91. The molecule has 0 aliphatic carbocycles. The van der Waals surface area contributed by atoms with Crippen molar-refractivity contribution in [3.63, 3.8) is 0 Å². The number of aryl methyl sites for hydroxylation is 2. The van der Waals surface area contributed by atoms with E-state index in [-0.39, 0.29) is 18.2 Å². The van der Waals surface area contributed by atoms with Crippen LogP contribution < -0.4 is 4.74 Å². The maximum atomic E-state index is 13.0. The highest BCUT2D eigenvalue weighted by Crippen LogP contribution is 2.30. The molecule has 1 fully saturated rings. The number of nitrogens with zero attached hydrogens (tertiary/aromatic N) is 1. The summed E-state index contributed by atoms with van der Waals surface area (Å²) in [6.45, 7) is 4.53. The van der Waals surface area contributed by atoms with Crippen molar-refractivity contribution in [3.8, 4) is 5.75 Å². The first-order valence-corrected chi connectivity index (χ1v) is 10.9. The monoisotopic (exact) mass is 393 g/mol. The van der Waals surface area contributed by atoms with Gasteiger partial charge in [0.05, 0.1) is 7.11 Å². The van der Waals surface area contributed by atoms with Crippen LogP contribution in [0.5, 0.6) is 5.75 Å². The van der Waals surface area contributed by atoms with E-state index in [0.29, 0.717) is 29.2 Å². The minimum absolute atomic E-state index is 0.00457. The second-order valence-electron chi connectivity index (χ2n) is 6.64. The van der Waals surface area contributed by atoms with E-state index in [1.807, 2.05) is 26.0 Å². The number of rotatable bonds is 5. The summed E-state index contributed by atoms with van der Waals surface area (Å²) >= 11 is 1.21. The van der Waals surface area contributed by atoms with Crippen LogP contribution in [0.1, 0.15) is 34.3 Å². The molecule has 2 heterocycles. The van der Waals surface area contributed by atoms with Crippen molar-refractivity contribution in [1.29, 1.82) is 0 Å². The van der Waals surface area contributed by atoms with Crippen LogP contribution in [0, 0.1) is 19.8 Å². The van der Waals surface area contributed by atoms with E-state index in [0.717, 1.165) is 16.9 Å². The number of carbonyl (C=O) groups is 1. The number of methoxy groups -OCH3 is 1. The molecule has 1 atom stereocenters. The van der Waals surface area contributed by atoms with Crippen LogP contribution in [-0.4, -0.2) is 38.7 Å². The van der Waals surface area contributed by atoms with E-state index in [2.05, 4.69) is 0 Å². The third kappa shape index (κ3) is 3.56. The van der Waals surface area contributed by atoms with Crippen LogP contribution in [0.2, 0.25) is 0 Å². The van der Waals surface area contributed by atoms with Crippen LogP contribution >= 0.6 is 11.3 Å². The molecule has 140 valence electrons. The fourth-order valence-corrected chi connectivity index (χ4v) is 6.23. The lowest BCUT2D eigenvalue weighted by atomic mass is 9.89. The molecule has 26 heavy (non-hydrogen) atoms. The number of carbonyl (C=O) groups excluding carboxylic acids is 1. The first kappa shape index (κ1) is 19.1. The van der Waals surface area contributed by atoms with Gasteiger partial charge in [0.1, 0.15) is 9.96 Å². The molecule has 0 amide bonds. The number of sulfonamides is 1. The van der Waals surface area contributed by atoms with Gasteiger partial charge in [0.2, 0.25) is 0 Å². The number of ketones is 1. The van der Waals surface area contributed by atoms with E-state index in [4.69, 9.17) is 4.74 Å². The molecule has 0 bridgehead atoms. The molecule has 1 saturated heterocycles. The summed E-state index contributed by atoms with van der Waals surface area (Å²) in [5.74, 6) is 0.475. The minimum atomic E-state index is -3.51. The van der Waals surface area contributed by atoms with E-state index < -0.39 is 10.0 Å². The number of ether oxygens (including phenoxy) is 1. The zero-order valence-corrected chi connectivity index (χ0v) is 16.8. The van der Waals surface area contributed by atoms with Crippen LogP contribution in [0.4, 0.5) is 0 Å². The Kier molecular flexibility index (Phi) is 5.50.